The van der Waals surface area contributed by atoms with Crippen LogP contribution in [0.15, 0.2) is 18.2 Å². The van der Waals surface area contributed by atoms with Crippen molar-refractivity contribution in [3.63, 3.8) is 0 Å². The van der Waals surface area contributed by atoms with Gasteiger partial charge in [0.15, 0.2) is 0 Å². The number of hydrogen-bond donors (Lipinski definition) is 1. The zero-order valence-electron chi connectivity index (χ0n) is 17.3. The first-order chi connectivity index (χ1) is 14.4. The molecule has 0 unspecified atom stereocenters. The number of carbonyl (C=O) groups is 2. The van der Waals surface area contributed by atoms with E-state index in [4.69, 9.17) is 11.6 Å². The van der Waals surface area contributed by atoms with Crippen LogP contribution in [-0.4, -0.2) is 35.8 Å². The molecule has 0 radical (unpaired) electrons. The Kier molecular flexibility index (Phi) is 5.29. The monoisotopic (exact) mass is 432 g/mol. The third-order valence-corrected chi connectivity index (χ3v) is 8.38. The predicted molar refractivity (Wildman–Crippen MR) is 114 cm³/mol. The second kappa shape index (κ2) is 7.81. The predicted octanol–water partition coefficient (Wildman–Crippen LogP) is 4.81. The molecule has 6 heteroatoms. The number of benzene rings is 1. The van der Waals surface area contributed by atoms with Gasteiger partial charge in [0, 0.05) is 25.6 Å². The van der Waals surface area contributed by atoms with E-state index in [0.29, 0.717) is 38.3 Å². The Morgan fingerprint density at radius 2 is 1.67 bits per heavy atom. The van der Waals surface area contributed by atoms with Gasteiger partial charge in [-0.15, -0.1) is 0 Å². The Morgan fingerprint density at radius 3 is 2.23 bits per heavy atom. The fourth-order valence-electron chi connectivity index (χ4n) is 7.18. The van der Waals surface area contributed by atoms with Crippen molar-refractivity contribution in [1.29, 1.82) is 0 Å². The molecular formula is C24H30ClFN2O2. The molecule has 4 nitrogen and oxygen atoms in total. The van der Waals surface area contributed by atoms with Crippen LogP contribution < -0.4 is 5.32 Å². The molecule has 4 saturated carbocycles. The second-order valence-electron chi connectivity index (χ2n) is 10.3. The summed E-state index contributed by atoms with van der Waals surface area (Å²) in [5.41, 5.74) is 0.165. The number of nitrogens with zero attached hydrogens (tertiary/aromatic N) is 1. The quantitative estimate of drug-likeness (QED) is 0.742. The highest BCUT2D eigenvalue weighted by Crippen LogP contribution is 2.61. The topological polar surface area (TPSA) is 49.4 Å². The van der Waals surface area contributed by atoms with Gasteiger partial charge in [0.2, 0.25) is 5.91 Å². The highest BCUT2D eigenvalue weighted by molar-refractivity contribution is 6.33. The number of carbonyl (C=O) groups excluding carboxylic acids is 2. The molecule has 0 aromatic heterocycles. The Hall–Kier alpha value is -1.62. The molecule has 5 fully saturated rings. The van der Waals surface area contributed by atoms with Crippen LogP contribution in [0.25, 0.3) is 0 Å². The van der Waals surface area contributed by atoms with Gasteiger partial charge in [0.1, 0.15) is 5.82 Å². The molecule has 1 heterocycles. The van der Waals surface area contributed by atoms with Crippen molar-refractivity contribution in [3.05, 3.63) is 34.6 Å². The Bertz CT molecular complexity index is 794. The normalized spacial score (nSPS) is 33.0. The number of amides is 2. The fourth-order valence-corrected chi connectivity index (χ4v) is 7.43. The highest BCUT2D eigenvalue weighted by atomic mass is 35.5. The molecule has 0 spiro atoms. The van der Waals surface area contributed by atoms with Gasteiger partial charge in [-0.25, -0.2) is 4.39 Å². The summed E-state index contributed by atoms with van der Waals surface area (Å²) in [4.78, 5) is 27.5. The molecule has 6 rings (SSSR count). The van der Waals surface area contributed by atoms with Crippen molar-refractivity contribution in [2.75, 3.05) is 13.1 Å². The molecular weight excluding hydrogens is 403 g/mol. The van der Waals surface area contributed by atoms with Crippen LogP contribution in [0.5, 0.6) is 0 Å². The van der Waals surface area contributed by atoms with Crippen LogP contribution in [0.2, 0.25) is 5.02 Å². The zero-order valence-corrected chi connectivity index (χ0v) is 18.1. The Labute approximate surface area is 182 Å². The van der Waals surface area contributed by atoms with Crippen molar-refractivity contribution in [2.45, 2.75) is 63.8 Å². The summed E-state index contributed by atoms with van der Waals surface area (Å²) in [5, 5.41) is 3.02. The number of rotatable bonds is 4. The van der Waals surface area contributed by atoms with Crippen molar-refractivity contribution in [2.24, 2.45) is 23.2 Å². The van der Waals surface area contributed by atoms with Gasteiger partial charge < -0.3 is 10.2 Å². The van der Waals surface area contributed by atoms with E-state index in [1.807, 2.05) is 4.90 Å². The van der Waals surface area contributed by atoms with Gasteiger partial charge in [0.25, 0.3) is 5.91 Å². The summed E-state index contributed by atoms with van der Waals surface area (Å²) in [6, 6.07) is 4.19. The molecule has 1 aliphatic heterocycles. The lowest BCUT2D eigenvalue weighted by Crippen LogP contribution is -2.50. The molecule has 30 heavy (non-hydrogen) atoms. The van der Waals surface area contributed by atoms with Crippen molar-refractivity contribution in [1.82, 2.24) is 10.2 Å². The molecule has 5 aliphatic rings. The smallest absolute Gasteiger partial charge is 0.255 e. The first-order valence-corrected chi connectivity index (χ1v) is 11.8. The van der Waals surface area contributed by atoms with Gasteiger partial charge in [-0.05, 0) is 86.7 Å². The first-order valence-electron chi connectivity index (χ1n) is 11.4. The lowest BCUT2D eigenvalue weighted by atomic mass is 9.49. The van der Waals surface area contributed by atoms with Crippen LogP contribution in [0.3, 0.4) is 0 Å². The van der Waals surface area contributed by atoms with Gasteiger partial charge in [-0.3, -0.25) is 9.59 Å². The maximum atomic E-state index is 14.0. The molecule has 4 aliphatic carbocycles. The maximum Gasteiger partial charge on any atom is 0.255 e. The van der Waals surface area contributed by atoms with E-state index in [9.17, 15) is 14.0 Å². The highest BCUT2D eigenvalue weighted by Gasteiger charge is 2.51. The molecule has 1 saturated heterocycles. The van der Waals surface area contributed by atoms with E-state index in [2.05, 4.69) is 5.32 Å². The standard InChI is InChI=1S/C24H30ClFN2O2/c25-19-2-1-3-20(26)22(19)23(30)27-18-4-6-28(7-5-18)21(29)14-24-11-15-8-16(12-24)10-17(9-15)13-24/h1-3,15-18H,4-14H2,(H,27,30). The van der Waals surface area contributed by atoms with E-state index >= 15 is 0 Å². The summed E-state index contributed by atoms with van der Waals surface area (Å²) >= 11 is 6.00. The second-order valence-corrected chi connectivity index (χ2v) is 10.7. The van der Waals surface area contributed by atoms with Crippen molar-refractivity contribution in [3.8, 4) is 0 Å². The number of likely N-dealkylation sites (tertiary alicyclic amines) is 1. The third-order valence-electron chi connectivity index (χ3n) is 8.06. The molecule has 0 atom stereocenters. The van der Waals surface area contributed by atoms with Crippen LogP contribution >= 0.6 is 11.6 Å². The Morgan fingerprint density at radius 1 is 1.07 bits per heavy atom. The van der Waals surface area contributed by atoms with Gasteiger partial charge in [-0.2, -0.15) is 0 Å². The lowest BCUT2D eigenvalue weighted by molar-refractivity contribution is -0.140. The van der Waals surface area contributed by atoms with E-state index in [-0.39, 0.29) is 22.0 Å². The van der Waals surface area contributed by atoms with Gasteiger partial charge in [0.05, 0.1) is 10.6 Å². The minimum Gasteiger partial charge on any atom is -0.349 e. The number of piperidine rings is 1. The van der Waals surface area contributed by atoms with Crippen LogP contribution in [0, 0.1) is 29.0 Å². The van der Waals surface area contributed by atoms with E-state index in [1.54, 1.807) is 0 Å². The molecule has 2 amide bonds. The molecule has 1 N–H and O–H groups in total. The minimum atomic E-state index is -0.608. The molecule has 4 bridgehead atoms. The maximum absolute atomic E-state index is 14.0. The summed E-state index contributed by atoms with van der Waals surface area (Å²) < 4.78 is 14.0. The lowest BCUT2D eigenvalue weighted by Gasteiger charge is -2.57. The number of hydrogen-bond acceptors (Lipinski definition) is 2. The third kappa shape index (κ3) is 3.86. The largest absolute Gasteiger partial charge is 0.349 e. The first kappa shape index (κ1) is 20.3. The summed E-state index contributed by atoms with van der Waals surface area (Å²) in [5.74, 6) is 1.78. The van der Waals surface area contributed by atoms with Gasteiger partial charge >= 0.3 is 0 Å². The summed E-state index contributed by atoms with van der Waals surface area (Å²) in [6.07, 6.45) is 10.0. The van der Waals surface area contributed by atoms with E-state index < -0.39 is 11.7 Å². The molecule has 162 valence electrons. The van der Waals surface area contributed by atoms with E-state index in [1.165, 1.54) is 56.7 Å². The van der Waals surface area contributed by atoms with E-state index in [0.717, 1.165) is 17.8 Å². The summed E-state index contributed by atoms with van der Waals surface area (Å²) in [7, 11) is 0. The molecule has 1 aromatic rings. The van der Waals surface area contributed by atoms with Crippen LogP contribution in [0.4, 0.5) is 4.39 Å². The van der Waals surface area contributed by atoms with Gasteiger partial charge in [-0.1, -0.05) is 17.7 Å². The Balaban J connectivity index is 1.15. The van der Waals surface area contributed by atoms with Crippen LogP contribution in [0.1, 0.15) is 68.1 Å². The fraction of sp³-hybridized carbons (Fsp3) is 0.667. The average molecular weight is 433 g/mol. The molecule has 1 aromatic carbocycles. The minimum absolute atomic E-state index is 0.0585. The summed E-state index contributed by atoms with van der Waals surface area (Å²) in [6.45, 7) is 1.31. The average Bonchev–Trinajstić information content (AvgIpc) is 2.67. The van der Waals surface area contributed by atoms with Crippen molar-refractivity contribution >= 4 is 23.4 Å². The zero-order chi connectivity index (χ0) is 20.9. The SMILES string of the molecule is O=C(NC1CCN(C(=O)CC23CC4CC(CC(C4)C2)C3)CC1)c1c(F)cccc1Cl. The van der Waals surface area contributed by atoms with Crippen LogP contribution in [-0.2, 0) is 4.79 Å². The number of halogens is 2. The van der Waals surface area contributed by atoms with Crippen molar-refractivity contribution < 1.29 is 14.0 Å². The number of nitrogens with one attached hydrogen (secondary N) is 1.